The number of hydrogen-bond acceptors (Lipinski definition) is 7. The standard InChI is InChI=1S/C28H29N3O2S2/c1-18(2)14-19-7-9-20(10-8-19)23-17-35-28(29-23)31-24(16-22(30-31)27-6-5-13-34-27)21-11-12-25(32-3)26(15-21)33-4/h5-13,15,17-18,24H,14,16H2,1-4H3/t24-/m0/s1. The summed E-state index contributed by atoms with van der Waals surface area (Å²) in [6.45, 7) is 4.49. The van der Waals surface area contributed by atoms with Gasteiger partial charge in [-0.15, -0.1) is 22.7 Å². The van der Waals surface area contributed by atoms with Gasteiger partial charge in [-0.25, -0.2) is 9.99 Å². The first-order valence-electron chi connectivity index (χ1n) is 11.7. The molecule has 2 aromatic carbocycles. The van der Waals surface area contributed by atoms with Crippen LogP contribution in [0, 0.1) is 5.92 Å². The first kappa shape index (κ1) is 23.6. The number of thiazole rings is 1. The normalized spacial score (nSPS) is 15.5. The number of rotatable bonds is 8. The number of aromatic nitrogens is 1. The average molecular weight is 504 g/mol. The maximum Gasteiger partial charge on any atom is 0.207 e. The van der Waals surface area contributed by atoms with Crippen LogP contribution in [-0.2, 0) is 6.42 Å². The van der Waals surface area contributed by atoms with Crippen molar-refractivity contribution in [2.45, 2.75) is 32.7 Å². The van der Waals surface area contributed by atoms with Gasteiger partial charge in [0.05, 0.1) is 36.5 Å². The number of thiophene rings is 1. The number of hydrazone groups is 1. The quantitative estimate of drug-likeness (QED) is 0.251. The monoisotopic (exact) mass is 503 g/mol. The fraction of sp³-hybridized carbons (Fsp3) is 0.286. The van der Waals surface area contributed by atoms with Gasteiger partial charge in [-0.3, -0.25) is 0 Å². The van der Waals surface area contributed by atoms with Crippen LogP contribution in [0.4, 0.5) is 5.13 Å². The predicted molar refractivity (Wildman–Crippen MR) is 146 cm³/mol. The summed E-state index contributed by atoms with van der Waals surface area (Å²) in [6.07, 6.45) is 1.89. The van der Waals surface area contributed by atoms with Gasteiger partial charge in [-0.1, -0.05) is 50.2 Å². The summed E-state index contributed by atoms with van der Waals surface area (Å²) in [5.41, 5.74) is 5.66. The molecule has 35 heavy (non-hydrogen) atoms. The van der Waals surface area contributed by atoms with E-state index in [0.717, 1.165) is 52.0 Å². The van der Waals surface area contributed by atoms with Crippen molar-refractivity contribution in [3.63, 3.8) is 0 Å². The molecule has 7 heteroatoms. The lowest BCUT2D eigenvalue weighted by Crippen LogP contribution is -2.18. The van der Waals surface area contributed by atoms with Gasteiger partial charge in [-0.05, 0) is 47.0 Å². The molecule has 3 heterocycles. The first-order chi connectivity index (χ1) is 17.1. The van der Waals surface area contributed by atoms with Gasteiger partial charge in [0.1, 0.15) is 0 Å². The zero-order valence-electron chi connectivity index (χ0n) is 20.4. The highest BCUT2D eigenvalue weighted by Gasteiger charge is 2.32. The molecule has 5 nitrogen and oxygen atoms in total. The van der Waals surface area contributed by atoms with Crippen molar-refractivity contribution in [1.29, 1.82) is 0 Å². The maximum atomic E-state index is 5.58. The first-order valence-corrected chi connectivity index (χ1v) is 13.5. The van der Waals surface area contributed by atoms with E-state index < -0.39 is 0 Å². The minimum atomic E-state index is 0.0272. The Bertz CT molecular complexity index is 1310. The van der Waals surface area contributed by atoms with E-state index in [9.17, 15) is 0 Å². The van der Waals surface area contributed by atoms with Gasteiger partial charge in [-0.2, -0.15) is 5.10 Å². The Morgan fingerprint density at radius 2 is 1.80 bits per heavy atom. The third-order valence-corrected chi connectivity index (χ3v) is 7.84. The van der Waals surface area contributed by atoms with Crippen LogP contribution >= 0.6 is 22.7 Å². The third-order valence-electron chi connectivity index (χ3n) is 6.09. The van der Waals surface area contributed by atoms with Crippen molar-refractivity contribution in [1.82, 2.24) is 4.98 Å². The van der Waals surface area contributed by atoms with Gasteiger partial charge in [0.15, 0.2) is 11.5 Å². The van der Waals surface area contributed by atoms with E-state index in [2.05, 4.69) is 72.1 Å². The summed E-state index contributed by atoms with van der Waals surface area (Å²) < 4.78 is 11.0. The molecule has 4 aromatic rings. The molecule has 0 saturated heterocycles. The summed E-state index contributed by atoms with van der Waals surface area (Å²) in [6, 6.07) is 19.1. The summed E-state index contributed by atoms with van der Waals surface area (Å²) >= 11 is 3.34. The fourth-order valence-electron chi connectivity index (χ4n) is 4.38. The molecule has 0 radical (unpaired) electrons. The number of benzene rings is 2. The lowest BCUT2D eigenvalue weighted by Gasteiger charge is -2.22. The topological polar surface area (TPSA) is 47.0 Å². The number of hydrogen-bond donors (Lipinski definition) is 0. The smallest absolute Gasteiger partial charge is 0.207 e. The van der Waals surface area contributed by atoms with Crippen LogP contribution < -0.4 is 14.5 Å². The molecule has 180 valence electrons. The van der Waals surface area contributed by atoms with Crippen LogP contribution in [0.15, 0.2) is 70.5 Å². The molecule has 0 N–H and O–H groups in total. The molecule has 0 saturated carbocycles. The summed E-state index contributed by atoms with van der Waals surface area (Å²) in [7, 11) is 3.32. The molecule has 0 unspecified atom stereocenters. The number of ether oxygens (including phenoxy) is 2. The third kappa shape index (κ3) is 4.97. The Balaban J connectivity index is 1.48. The van der Waals surface area contributed by atoms with E-state index in [-0.39, 0.29) is 6.04 Å². The van der Waals surface area contributed by atoms with E-state index in [1.807, 2.05) is 12.1 Å². The zero-order valence-corrected chi connectivity index (χ0v) is 22.0. The Kier molecular flexibility index (Phi) is 6.88. The minimum Gasteiger partial charge on any atom is -0.493 e. The molecule has 0 amide bonds. The summed E-state index contributed by atoms with van der Waals surface area (Å²) in [5, 5.41) is 12.2. The highest BCUT2D eigenvalue weighted by molar-refractivity contribution is 7.14. The fourth-order valence-corrected chi connectivity index (χ4v) is 5.94. The van der Waals surface area contributed by atoms with Crippen molar-refractivity contribution < 1.29 is 9.47 Å². The molecule has 2 aromatic heterocycles. The van der Waals surface area contributed by atoms with Crippen molar-refractivity contribution in [3.8, 4) is 22.8 Å². The van der Waals surface area contributed by atoms with Crippen LogP contribution in [0.1, 0.15) is 42.3 Å². The van der Waals surface area contributed by atoms with Crippen molar-refractivity contribution in [2.75, 3.05) is 19.2 Å². The summed E-state index contributed by atoms with van der Waals surface area (Å²) in [5.74, 6) is 2.08. The molecule has 1 aliphatic rings. The lowest BCUT2D eigenvalue weighted by atomic mass is 10.0. The average Bonchev–Trinajstić information content (AvgIpc) is 3.64. The molecular weight excluding hydrogens is 474 g/mol. The largest absolute Gasteiger partial charge is 0.493 e. The second-order valence-electron chi connectivity index (χ2n) is 9.01. The van der Waals surface area contributed by atoms with Crippen molar-refractivity contribution >= 4 is 33.5 Å². The molecule has 5 rings (SSSR count). The highest BCUT2D eigenvalue weighted by atomic mass is 32.1. The van der Waals surface area contributed by atoms with Crippen LogP contribution in [0.2, 0.25) is 0 Å². The lowest BCUT2D eigenvalue weighted by molar-refractivity contribution is 0.354. The molecule has 1 aliphatic heterocycles. The van der Waals surface area contributed by atoms with E-state index in [0.29, 0.717) is 5.92 Å². The van der Waals surface area contributed by atoms with Gasteiger partial charge < -0.3 is 9.47 Å². The van der Waals surface area contributed by atoms with Crippen LogP contribution in [-0.4, -0.2) is 24.9 Å². The molecule has 0 fully saturated rings. The van der Waals surface area contributed by atoms with Gasteiger partial charge in [0.25, 0.3) is 0 Å². The minimum absolute atomic E-state index is 0.0272. The van der Waals surface area contributed by atoms with Crippen LogP contribution in [0.25, 0.3) is 11.3 Å². The van der Waals surface area contributed by atoms with E-state index in [1.165, 1.54) is 10.4 Å². The SMILES string of the molecule is COc1ccc([C@@H]2CC(c3cccs3)=NN2c2nc(-c3ccc(CC(C)C)cc3)cs2)cc1OC. The van der Waals surface area contributed by atoms with Crippen LogP contribution in [0.5, 0.6) is 11.5 Å². The van der Waals surface area contributed by atoms with E-state index >= 15 is 0 Å². The summed E-state index contributed by atoms with van der Waals surface area (Å²) in [4.78, 5) is 6.20. The second kappa shape index (κ2) is 10.2. The highest BCUT2D eigenvalue weighted by Crippen LogP contribution is 2.42. The number of anilines is 1. The predicted octanol–water partition coefficient (Wildman–Crippen LogP) is 7.44. The molecule has 1 atom stereocenters. The molecular formula is C28H29N3O2S2. The van der Waals surface area contributed by atoms with Crippen molar-refractivity contribution in [2.24, 2.45) is 11.0 Å². The van der Waals surface area contributed by atoms with E-state index in [1.54, 1.807) is 36.9 Å². The maximum absolute atomic E-state index is 5.58. The second-order valence-corrected chi connectivity index (χ2v) is 10.8. The van der Waals surface area contributed by atoms with E-state index in [4.69, 9.17) is 19.6 Å². The Morgan fingerprint density at radius 1 is 1.00 bits per heavy atom. The van der Waals surface area contributed by atoms with Gasteiger partial charge in [0.2, 0.25) is 5.13 Å². The molecule has 0 aliphatic carbocycles. The zero-order chi connectivity index (χ0) is 24.4. The Labute approximate surface area is 214 Å². The van der Waals surface area contributed by atoms with Crippen molar-refractivity contribution in [3.05, 3.63) is 81.4 Å². The number of nitrogens with zero attached hydrogens (tertiary/aromatic N) is 3. The van der Waals surface area contributed by atoms with Gasteiger partial charge >= 0.3 is 0 Å². The Hall–Kier alpha value is -3.16. The van der Waals surface area contributed by atoms with Crippen LogP contribution in [0.3, 0.4) is 0 Å². The number of methoxy groups -OCH3 is 2. The molecule has 0 spiro atoms. The van der Waals surface area contributed by atoms with Gasteiger partial charge in [0, 0.05) is 17.4 Å². The molecule has 0 bridgehead atoms. The Morgan fingerprint density at radius 3 is 2.49 bits per heavy atom.